The third-order valence-electron chi connectivity index (χ3n) is 11.2. The number of hydrogen-bond acceptors (Lipinski definition) is 4. The minimum absolute atomic E-state index is 0.477. The lowest BCUT2D eigenvalue weighted by molar-refractivity contribution is 0.669. The van der Waals surface area contributed by atoms with Crippen molar-refractivity contribution in [2.24, 2.45) is 0 Å². The molecule has 0 saturated carbocycles. The Labute approximate surface area is 324 Å². The van der Waals surface area contributed by atoms with E-state index in [1.165, 1.54) is 33.4 Å². The maximum Gasteiger partial charge on any atom is 0.164 e. The van der Waals surface area contributed by atoms with Gasteiger partial charge < -0.3 is 4.42 Å². The summed E-state index contributed by atoms with van der Waals surface area (Å²) in [6, 6.07) is 70.6. The second kappa shape index (κ2) is 12.9. The molecule has 0 fully saturated rings. The van der Waals surface area contributed by atoms with Crippen LogP contribution in [-0.4, -0.2) is 15.0 Å². The van der Waals surface area contributed by atoms with Crippen LogP contribution >= 0.6 is 0 Å². The Balaban J connectivity index is 1.12. The van der Waals surface area contributed by atoms with E-state index in [0.717, 1.165) is 49.8 Å². The number of benzene rings is 8. The molecule has 4 nitrogen and oxygen atoms in total. The summed E-state index contributed by atoms with van der Waals surface area (Å²) in [6.07, 6.45) is 0. The summed E-state index contributed by atoms with van der Waals surface area (Å²) in [4.78, 5) is 15.1. The van der Waals surface area contributed by atoms with Gasteiger partial charge in [0.1, 0.15) is 11.2 Å². The van der Waals surface area contributed by atoms with Crippen LogP contribution in [0.25, 0.3) is 78.4 Å². The predicted molar refractivity (Wildman–Crippen MR) is 226 cm³/mol. The summed E-state index contributed by atoms with van der Waals surface area (Å²) >= 11 is 0. The van der Waals surface area contributed by atoms with Crippen LogP contribution in [0, 0.1) is 0 Å². The SMILES string of the molecule is c1ccc(-c2nc(-c3ccccc3)nc(-c3cccc4oc5ccc(-c6ccc7c(c6)C(c6ccccc6)(c6ccccc6)c6ccccc6-7)cc5c34)n2)cc1. The van der Waals surface area contributed by atoms with Crippen molar-refractivity contribution in [3.63, 3.8) is 0 Å². The highest BCUT2D eigenvalue weighted by Gasteiger charge is 2.46. The van der Waals surface area contributed by atoms with Gasteiger partial charge in [-0.2, -0.15) is 0 Å². The van der Waals surface area contributed by atoms with Crippen molar-refractivity contribution in [1.29, 1.82) is 0 Å². The number of fused-ring (bicyclic) bond motifs is 6. The van der Waals surface area contributed by atoms with Gasteiger partial charge in [-0.05, 0) is 68.8 Å². The van der Waals surface area contributed by atoms with Crippen molar-refractivity contribution < 1.29 is 4.42 Å². The zero-order chi connectivity index (χ0) is 37.1. The highest BCUT2D eigenvalue weighted by Crippen LogP contribution is 2.56. The van der Waals surface area contributed by atoms with Crippen LogP contribution in [0.5, 0.6) is 0 Å². The first kappa shape index (κ1) is 32.0. The van der Waals surface area contributed by atoms with Gasteiger partial charge in [0.25, 0.3) is 0 Å². The molecule has 262 valence electrons. The van der Waals surface area contributed by atoms with Crippen molar-refractivity contribution in [2.75, 3.05) is 0 Å². The van der Waals surface area contributed by atoms with Gasteiger partial charge in [-0.25, -0.2) is 15.0 Å². The molecule has 0 unspecified atom stereocenters. The first-order chi connectivity index (χ1) is 27.8. The van der Waals surface area contributed by atoms with Crippen LogP contribution in [0.2, 0.25) is 0 Å². The minimum Gasteiger partial charge on any atom is -0.456 e. The van der Waals surface area contributed by atoms with Gasteiger partial charge in [0.2, 0.25) is 0 Å². The second-order valence-corrected chi connectivity index (χ2v) is 14.3. The van der Waals surface area contributed by atoms with Crippen LogP contribution in [0.4, 0.5) is 0 Å². The molecule has 4 heteroatoms. The van der Waals surface area contributed by atoms with Gasteiger partial charge in [-0.15, -0.1) is 0 Å². The lowest BCUT2D eigenvalue weighted by Gasteiger charge is -2.34. The maximum atomic E-state index is 6.53. The zero-order valence-electron chi connectivity index (χ0n) is 30.3. The first-order valence-corrected chi connectivity index (χ1v) is 18.9. The summed E-state index contributed by atoms with van der Waals surface area (Å²) in [6.45, 7) is 0. The summed E-state index contributed by atoms with van der Waals surface area (Å²) in [5.41, 5.74) is 13.7. The van der Waals surface area contributed by atoms with Crippen molar-refractivity contribution in [2.45, 2.75) is 5.41 Å². The summed E-state index contributed by atoms with van der Waals surface area (Å²) in [7, 11) is 0. The molecule has 1 aliphatic rings. The maximum absolute atomic E-state index is 6.53. The Hall–Kier alpha value is -7.43. The quantitative estimate of drug-likeness (QED) is 0.172. The summed E-state index contributed by atoms with van der Waals surface area (Å²) in [5.74, 6) is 1.85. The molecule has 0 amide bonds. The first-order valence-electron chi connectivity index (χ1n) is 18.9. The second-order valence-electron chi connectivity index (χ2n) is 14.3. The molecule has 0 bridgehead atoms. The van der Waals surface area contributed by atoms with E-state index in [9.17, 15) is 0 Å². The van der Waals surface area contributed by atoms with Crippen LogP contribution in [0.15, 0.2) is 205 Å². The van der Waals surface area contributed by atoms with E-state index in [1.54, 1.807) is 0 Å². The van der Waals surface area contributed by atoms with Gasteiger partial charge >= 0.3 is 0 Å². The zero-order valence-corrected chi connectivity index (χ0v) is 30.3. The lowest BCUT2D eigenvalue weighted by Crippen LogP contribution is -2.28. The summed E-state index contributed by atoms with van der Waals surface area (Å²) < 4.78 is 6.53. The predicted octanol–water partition coefficient (Wildman–Crippen LogP) is 12.8. The standard InChI is InChI=1S/C52H33N3O/c1-5-16-34(17-6-1)49-53-50(35-18-7-2-8-19-35)55-51(54-49)42-25-15-27-47-48(42)43-32-36(29-31-46(43)56-47)37-28-30-41-40-24-13-14-26-44(40)52(45(41)33-37,38-20-9-3-10-21-38)39-22-11-4-12-23-39/h1-33H. The number of hydrogen-bond donors (Lipinski definition) is 0. The smallest absolute Gasteiger partial charge is 0.164 e. The number of aromatic nitrogens is 3. The van der Waals surface area contributed by atoms with Crippen molar-refractivity contribution in [3.8, 4) is 56.4 Å². The molecule has 0 spiro atoms. The van der Waals surface area contributed by atoms with Gasteiger partial charge in [-0.1, -0.05) is 176 Å². The number of nitrogens with zero attached hydrogens (tertiary/aromatic N) is 3. The fourth-order valence-corrected chi connectivity index (χ4v) is 8.75. The molecule has 1 aliphatic carbocycles. The van der Waals surface area contributed by atoms with E-state index in [1.807, 2.05) is 72.8 Å². The van der Waals surface area contributed by atoms with E-state index in [-0.39, 0.29) is 0 Å². The summed E-state index contributed by atoms with van der Waals surface area (Å²) in [5, 5.41) is 1.99. The van der Waals surface area contributed by atoms with Crippen LogP contribution in [0.1, 0.15) is 22.3 Å². The third kappa shape index (κ3) is 4.96. The van der Waals surface area contributed by atoms with Gasteiger partial charge in [-0.3, -0.25) is 0 Å². The van der Waals surface area contributed by atoms with E-state index in [0.29, 0.717) is 17.5 Å². The fourth-order valence-electron chi connectivity index (χ4n) is 8.75. The monoisotopic (exact) mass is 715 g/mol. The van der Waals surface area contributed by atoms with Crippen molar-refractivity contribution >= 4 is 21.9 Å². The minimum atomic E-state index is -0.477. The highest BCUT2D eigenvalue weighted by atomic mass is 16.3. The van der Waals surface area contributed by atoms with E-state index >= 15 is 0 Å². The lowest BCUT2D eigenvalue weighted by atomic mass is 9.67. The average Bonchev–Trinajstić information content (AvgIpc) is 3.81. The van der Waals surface area contributed by atoms with Gasteiger partial charge in [0.05, 0.1) is 5.41 Å². The molecule has 0 radical (unpaired) electrons. The van der Waals surface area contributed by atoms with E-state index in [2.05, 4.69) is 127 Å². The molecule has 56 heavy (non-hydrogen) atoms. The molecular weight excluding hydrogens is 683 g/mol. The number of rotatable bonds is 6. The molecule has 0 aliphatic heterocycles. The average molecular weight is 716 g/mol. The Bertz CT molecular complexity index is 2970. The molecule has 2 heterocycles. The molecular formula is C52H33N3O. The van der Waals surface area contributed by atoms with E-state index < -0.39 is 5.41 Å². The third-order valence-corrected chi connectivity index (χ3v) is 11.2. The van der Waals surface area contributed by atoms with E-state index in [4.69, 9.17) is 19.4 Å². The Morgan fingerprint density at radius 3 is 1.52 bits per heavy atom. The molecule has 0 saturated heterocycles. The largest absolute Gasteiger partial charge is 0.456 e. The van der Waals surface area contributed by atoms with Gasteiger partial charge in [0.15, 0.2) is 17.5 Å². The molecule has 2 aromatic heterocycles. The van der Waals surface area contributed by atoms with Crippen LogP contribution in [-0.2, 0) is 5.41 Å². The van der Waals surface area contributed by atoms with Gasteiger partial charge in [0, 0.05) is 27.5 Å². The van der Waals surface area contributed by atoms with Crippen LogP contribution < -0.4 is 0 Å². The molecule has 8 aromatic carbocycles. The van der Waals surface area contributed by atoms with Crippen molar-refractivity contribution in [3.05, 3.63) is 222 Å². The molecule has 0 atom stereocenters. The highest BCUT2D eigenvalue weighted by molar-refractivity contribution is 6.13. The van der Waals surface area contributed by atoms with Crippen LogP contribution in [0.3, 0.4) is 0 Å². The van der Waals surface area contributed by atoms with Crippen molar-refractivity contribution in [1.82, 2.24) is 15.0 Å². The molecule has 0 N–H and O–H groups in total. The molecule has 11 rings (SSSR count). The Morgan fingerprint density at radius 1 is 0.339 bits per heavy atom. The topological polar surface area (TPSA) is 51.8 Å². The Morgan fingerprint density at radius 2 is 0.857 bits per heavy atom. The Kier molecular flexibility index (Phi) is 7.36. The normalized spacial score (nSPS) is 12.8. The number of furan rings is 1. The fraction of sp³-hybridized carbons (Fsp3) is 0.0192. The molecule has 10 aromatic rings.